The first-order valence-corrected chi connectivity index (χ1v) is 8.61. The number of nitrogens with one attached hydrogen (secondary N) is 1. The predicted molar refractivity (Wildman–Crippen MR) is 85.4 cm³/mol. The van der Waals surface area contributed by atoms with Crippen LogP contribution >= 0.6 is 11.8 Å². The molecule has 0 heterocycles. The minimum Gasteiger partial charge on any atom is -0.394 e. The van der Waals surface area contributed by atoms with Crippen LogP contribution < -0.4 is 5.32 Å². The van der Waals surface area contributed by atoms with E-state index < -0.39 is 0 Å². The lowest BCUT2D eigenvalue weighted by Gasteiger charge is -2.28. The van der Waals surface area contributed by atoms with E-state index in [4.69, 9.17) is 0 Å². The molecule has 20 heavy (non-hydrogen) atoms. The normalized spacial score (nSPS) is 29.9. The van der Waals surface area contributed by atoms with Gasteiger partial charge in [-0.25, -0.2) is 0 Å². The van der Waals surface area contributed by atoms with Gasteiger partial charge in [-0.3, -0.25) is 0 Å². The molecule has 0 bridgehead atoms. The van der Waals surface area contributed by atoms with Crippen molar-refractivity contribution in [1.29, 1.82) is 0 Å². The van der Waals surface area contributed by atoms with Crippen LogP contribution in [-0.2, 0) is 0 Å². The molecule has 0 amide bonds. The van der Waals surface area contributed by atoms with Crippen LogP contribution in [0.1, 0.15) is 43.2 Å². The lowest BCUT2D eigenvalue weighted by Crippen LogP contribution is -2.47. The van der Waals surface area contributed by atoms with Gasteiger partial charge in [0.15, 0.2) is 0 Å². The van der Waals surface area contributed by atoms with E-state index in [9.17, 15) is 5.11 Å². The fourth-order valence-corrected chi connectivity index (χ4v) is 4.55. The van der Waals surface area contributed by atoms with E-state index >= 15 is 0 Å². The van der Waals surface area contributed by atoms with Crippen LogP contribution in [0.4, 0.5) is 0 Å². The van der Waals surface area contributed by atoms with Crippen molar-refractivity contribution in [2.24, 2.45) is 0 Å². The molecule has 1 aromatic rings. The van der Waals surface area contributed by atoms with Crippen molar-refractivity contribution >= 4 is 11.8 Å². The van der Waals surface area contributed by atoms with E-state index in [2.05, 4.69) is 37.4 Å². The summed E-state index contributed by atoms with van der Waals surface area (Å²) in [7, 11) is 0. The molecule has 0 saturated heterocycles. The lowest BCUT2D eigenvalue weighted by atomic mass is 9.99. The van der Waals surface area contributed by atoms with Gasteiger partial charge in [0.1, 0.15) is 0 Å². The summed E-state index contributed by atoms with van der Waals surface area (Å²) < 4.78 is 0. The first-order chi connectivity index (χ1) is 9.60. The van der Waals surface area contributed by atoms with Gasteiger partial charge in [0, 0.05) is 21.7 Å². The molecule has 3 heteroatoms. The first kappa shape index (κ1) is 14.4. The molecule has 0 aromatic heterocycles. The van der Waals surface area contributed by atoms with E-state index in [0.29, 0.717) is 11.3 Å². The molecule has 2 unspecified atom stereocenters. The SMILES string of the molecule is Cc1ccc(SC2CCC(CO)(NC3CC3)C2)cc1C. The molecule has 2 N–H and O–H groups in total. The van der Waals surface area contributed by atoms with Crippen LogP contribution in [-0.4, -0.2) is 28.5 Å². The fraction of sp³-hybridized carbons (Fsp3) is 0.647. The van der Waals surface area contributed by atoms with Gasteiger partial charge in [-0.2, -0.15) is 0 Å². The zero-order valence-corrected chi connectivity index (χ0v) is 13.3. The summed E-state index contributed by atoms with van der Waals surface area (Å²) in [6.45, 7) is 4.63. The highest BCUT2D eigenvalue weighted by Gasteiger charge is 2.42. The molecule has 1 aromatic carbocycles. The van der Waals surface area contributed by atoms with Gasteiger partial charge >= 0.3 is 0 Å². The summed E-state index contributed by atoms with van der Waals surface area (Å²) in [6, 6.07) is 7.43. The number of hydrogen-bond donors (Lipinski definition) is 2. The van der Waals surface area contributed by atoms with Crippen LogP contribution in [0.15, 0.2) is 23.1 Å². The maximum absolute atomic E-state index is 9.79. The van der Waals surface area contributed by atoms with Gasteiger partial charge in [0.25, 0.3) is 0 Å². The Kier molecular flexibility index (Phi) is 4.11. The van der Waals surface area contributed by atoms with Gasteiger partial charge in [-0.1, -0.05) is 6.07 Å². The Balaban J connectivity index is 1.62. The third-order valence-electron chi connectivity index (χ3n) is 4.73. The Bertz CT molecular complexity index is 486. The molecular weight excluding hydrogens is 266 g/mol. The number of hydrogen-bond acceptors (Lipinski definition) is 3. The number of thioether (sulfide) groups is 1. The number of aliphatic hydroxyl groups is 1. The van der Waals surface area contributed by atoms with Crippen molar-refractivity contribution in [1.82, 2.24) is 5.32 Å². The Morgan fingerprint density at radius 3 is 2.70 bits per heavy atom. The molecule has 2 atom stereocenters. The van der Waals surface area contributed by atoms with Crippen LogP contribution in [0, 0.1) is 13.8 Å². The van der Waals surface area contributed by atoms with Crippen molar-refractivity contribution in [3.05, 3.63) is 29.3 Å². The van der Waals surface area contributed by atoms with E-state index in [1.54, 1.807) is 0 Å². The highest BCUT2D eigenvalue weighted by atomic mass is 32.2. The van der Waals surface area contributed by atoms with Gasteiger partial charge in [-0.05, 0) is 69.2 Å². The molecule has 110 valence electrons. The molecule has 2 aliphatic rings. The fourth-order valence-electron chi connectivity index (χ4n) is 3.14. The van der Waals surface area contributed by atoms with Gasteiger partial charge in [0.2, 0.25) is 0 Å². The Hall–Kier alpha value is -0.510. The minimum atomic E-state index is -0.00141. The number of aliphatic hydroxyl groups excluding tert-OH is 1. The second kappa shape index (κ2) is 5.70. The van der Waals surface area contributed by atoms with Crippen molar-refractivity contribution in [2.45, 2.75) is 67.7 Å². The molecule has 0 aliphatic heterocycles. The summed E-state index contributed by atoms with van der Waals surface area (Å²) in [6.07, 6.45) is 5.99. The Labute approximate surface area is 126 Å². The van der Waals surface area contributed by atoms with Crippen molar-refractivity contribution in [2.75, 3.05) is 6.61 Å². The maximum atomic E-state index is 9.79. The standard InChI is InChI=1S/C17H25NOS/c1-12-3-6-15(9-13(12)2)20-16-7-8-17(10-16,11-19)18-14-4-5-14/h3,6,9,14,16,18-19H,4-5,7-8,10-11H2,1-2H3. The van der Waals surface area contributed by atoms with Gasteiger partial charge < -0.3 is 10.4 Å². The average Bonchev–Trinajstić information content (AvgIpc) is 3.15. The molecule has 2 nitrogen and oxygen atoms in total. The maximum Gasteiger partial charge on any atom is 0.0613 e. The Morgan fingerprint density at radius 1 is 1.25 bits per heavy atom. The molecule has 0 radical (unpaired) electrons. The number of aryl methyl sites for hydroxylation is 2. The number of benzene rings is 1. The first-order valence-electron chi connectivity index (χ1n) is 7.73. The molecular formula is C17H25NOS. The second-order valence-corrected chi connectivity index (χ2v) is 7.96. The van der Waals surface area contributed by atoms with Gasteiger partial charge in [0.05, 0.1) is 6.61 Å². The summed E-state index contributed by atoms with van der Waals surface area (Å²) in [5.41, 5.74) is 2.73. The topological polar surface area (TPSA) is 32.3 Å². The summed E-state index contributed by atoms with van der Waals surface area (Å²) in [4.78, 5) is 1.37. The largest absolute Gasteiger partial charge is 0.394 e. The highest BCUT2D eigenvalue weighted by Crippen LogP contribution is 2.41. The molecule has 3 rings (SSSR count). The third kappa shape index (κ3) is 3.21. The molecule has 2 fully saturated rings. The van der Waals surface area contributed by atoms with E-state index in [-0.39, 0.29) is 12.1 Å². The molecule has 2 aliphatic carbocycles. The van der Waals surface area contributed by atoms with E-state index in [1.165, 1.54) is 35.3 Å². The number of rotatable bonds is 5. The summed E-state index contributed by atoms with van der Waals surface area (Å²) in [5, 5.41) is 14.1. The molecule has 0 spiro atoms. The minimum absolute atomic E-state index is 0.00141. The van der Waals surface area contributed by atoms with Crippen molar-refractivity contribution in [3.63, 3.8) is 0 Å². The van der Waals surface area contributed by atoms with Crippen LogP contribution in [0.2, 0.25) is 0 Å². The van der Waals surface area contributed by atoms with Crippen molar-refractivity contribution < 1.29 is 5.11 Å². The lowest BCUT2D eigenvalue weighted by molar-refractivity contribution is 0.163. The van der Waals surface area contributed by atoms with Crippen molar-refractivity contribution in [3.8, 4) is 0 Å². The van der Waals surface area contributed by atoms with Crippen LogP contribution in [0.5, 0.6) is 0 Å². The molecule has 2 saturated carbocycles. The Morgan fingerprint density at radius 2 is 2.05 bits per heavy atom. The monoisotopic (exact) mass is 291 g/mol. The third-order valence-corrected chi connectivity index (χ3v) is 6.00. The average molecular weight is 291 g/mol. The van der Waals surface area contributed by atoms with E-state index in [0.717, 1.165) is 12.8 Å². The zero-order chi connectivity index (χ0) is 14.2. The summed E-state index contributed by atoms with van der Waals surface area (Å²) in [5.74, 6) is 0. The quantitative estimate of drug-likeness (QED) is 0.872. The van der Waals surface area contributed by atoms with Gasteiger partial charge in [-0.15, -0.1) is 11.8 Å². The smallest absolute Gasteiger partial charge is 0.0613 e. The predicted octanol–water partition coefficient (Wildman–Crippen LogP) is 3.43. The van der Waals surface area contributed by atoms with Crippen LogP contribution in [0.3, 0.4) is 0 Å². The zero-order valence-electron chi connectivity index (χ0n) is 12.5. The summed E-state index contributed by atoms with van der Waals surface area (Å²) >= 11 is 1.99. The van der Waals surface area contributed by atoms with Crippen LogP contribution in [0.25, 0.3) is 0 Å². The highest BCUT2D eigenvalue weighted by molar-refractivity contribution is 8.00. The van der Waals surface area contributed by atoms with E-state index in [1.807, 2.05) is 11.8 Å². The second-order valence-electron chi connectivity index (χ2n) is 6.59.